The zero-order chi connectivity index (χ0) is 11.9. The number of rotatable bonds is 3. The SMILES string of the molecule is Cc1ccc2cccc(OCC3(C)CO3)c2n1. The highest BCUT2D eigenvalue weighted by Crippen LogP contribution is 2.29. The minimum Gasteiger partial charge on any atom is -0.488 e. The van der Waals surface area contributed by atoms with Crippen molar-refractivity contribution in [3.05, 3.63) is 36.0 Å². The summed E-state index contributed by atoms with van der Waals surface area (Å²) in [5, 5.41) is 1.11. The molecule has 1 atom stereocenters. The van der Waals surface area contributed by atoms with Crippen LogP contribution in [0.4, 0.5) is 0 Å². The number of ether oxygens (including phenoxy) is 2. The van der Waals surface area contributed by atoms with Gasteiger partial charge in [0.25, 0.3) is 0 Å². The van der Waals surface area contributed by atoms with E-state index < -0.39 is 0 Å². The summed E-state index contributed by atoms with van der Waals surface area (Å²) in [6, 6.07) is 10.1. The number of nitrogens with zero attached hydrogens (tertiary/aromatic N) is 1. The Morgan fingerprint density at radius 2 is 2.18 bits per heavy atom. The standard InChI is InChI=1S/C14H15NO2/c1-10-6-7-11-4-3-5-12(13(11)15-10)16-8-14(2)9-17-14/h3-7H,8-9H2,1-2H3. The molecule has 1 aliphatic rings. The number of fused-ring (bicyclic) bond motifs is 1. The monoisotopic (exact) mass is 229 g/mol. The molecule has 1 saturated heterocycles. The number of hydrogen-bond acceptors (Lipinski definition) is 3. The Morgan fingerprint density at radius 1 is 1.35 bits per heavy atom. The van der Waals surface area contributed by atoms with Gasteiger partial charge in [0.2, 0.25) is 0 Å². The van der Waals surface area contributed by atoms with Crippen LogP contribution in [0.2, 0.25) is 0 Å². The number of aromatic nitrogens is 1. The van der Waals surface area contributed by atoms with E-state index in [0.29, 0.717) is 6.61 Å². The van der Waals surface area contributed by atoms with Gasteiger partial charge in [0.1, 0.15) is 23.5 Å². The van der Waals surface area contributed by atoms with Gasteiger partial charge in [0.15, 0.2) is 0 Å². The maximum atomic E-state index is 5.81. The van der Waals surface area contributed by atoms with Crippen LogP contribution < -0.4 is 4.74 Å². The lowest BCUT2D eigenvalue weighted by Crippen LogP contribution is -2.17. The Morgan fingerprint density at radius 3 is 2.94 bits per heavy atom. The van der Waals surface area contributed by atoms with Crippen molar-refractivity contribution >= 4 is 10.9 Å². The first-order chi connectivity index (χ1) is 8.16. The fourth-order valence-corrected chi connectivity index (χ4v) is 1.77. The van der Waals surface area contributed by atoms with Crippen LogP contribution in [0.3, 0.4) is 0 Å². The van der Waals surface area contributed by atoms with Crippen molar-refractivity contribution in [2.24, 2.45) is 0 Å². The number of aryl methyl sites for hydroxylation is 1. The van der Waals surface area contributed by atoms with Crippen LogP contribution in [0, 0.1) is 6.92 Å². The van der Waals surface area contributed by atoms with Gasteiger partial charge < -0.3 is 9.47 Å². The molecule has 0 saturated carbocycles. The summed E-state index contributed by atoms with van der Waals surface area (Å²) in [6.45, 7) is 5.41. The molecule has 1 aliphatic heterocycles. The molecule has 0 spiro atoms. The maximum Gasteiger partial charge on any atom is 0.145 e. The molecule has 2 aromatic rings. The fourth-order valence-electron chi connectivity index (χ4n) is 1.77. The van der Waals surface area contributed by atoms with Crippen molar-refractivity contribution in [2.75, 3.05) is 13.2 Å². The summed E-state index contributed by atoms with van der Waals surface area (Å²) in [5.41, 5.74) is 1.84. The molecule has 17 heavy (non-hydrogen) atoms. The molecule has 0 N–H and O–H groups in total. The van der Waals surface area contributed by atoms with Crippen molar-refractivity contribution in [3.63, 3.8) is 0 Å². The summed E-state index contributed by atoms with van der Waals surface area (Å²) in [6.07, 6.45) is 0. The van der Waals surface area contributed by atoms with E-state index in [1.165, 1.54) is 0 Å². The third-order valence-electron chi connectivity index (χ3n) is 2.99. The summed E-state index contributed by atoms with van der Waals surface area (Å²) < 4.78 is 11.1. The zero-order valence-electron chi connectivity index (χ0n) is 10.1. The van der Waals surface area contributed by atoms with Crippen molar-refractivity contribution < 1.29 is 9.47 Å². The van der Waals surface area contributed by atoms with Crippen molar-refractivity contribution in [1.82, 2.24) is 4.98 Å². The number of para-hydroxylation sites is 1. The van der Waals surface area contributed by atoms with E-state index in [-0.39, 0.29) is 5.60 Å². The van der Waals surface area contributed by atoms with Crippen molar-refractivity contribution in [1.29, 1.82) is 0 Å². The molecule has 2 heterocycles. The van der Waals surface area contributed by atoms with Crippen LogP contribution in [-0.2, 0) is 4.74 Å². The molecule has 0 bridgehead atoms. The van der Waals surface area contributed by atoms with Crippen LogP contribution in [-0.4, -0.2) is 23.8 Å². The second-order valence-electron chi connectivity index (χ2n) is 4.81. The molecule has 1 fully saturated rings. The van der Waals surface area contributed by atoms with Gasteiger partial charge in [-0.3, -0.25) is 0 Å². The molecular weight excluding hydrogens is 214 g/mol. The molecule has 0 aliphatic carbocycles. The molecule has 88 valence electrons. The molecule has 1 aromatic heterocycles. The van der Waals surface area contributed by atoms with Gasteiger partial charge in [-0.05, 0) is 26.0 Å². The lowest BCUT2D eigenvalue weighted by molar-refractivity contribution is 0.204. The Bertz CT molecular complexity index is 561. The Labute approximate surface area is 100 Å². The van der Waals surface area contributed by atoms with E-state index in [1.54, 1.807) is 0 Å². The topological polar surface area (TPSA) is 34.6 Å². The highest BCUT2D eigenvalue weighted by atomic mass is 16.6. The molecule has 1 unspecified atom stereocenters. The van der Waals surface area contributed by atoms with Crippen molar-refractivity contribution in [2.45, 2.75) is 19.4 Å². The molecule has 0 radical (unpaired) electrons. The van der Waals surface area contributed by atoms with E-state index in [4.69, 9.17) is 9.47 Å². The van der Waals surface area contributed by atoms with Crippen LogP contribution in [0.15, 0.2) is 30.3 Å². The Kier molecular flexibility index (Phi) is 2.30. The molecule has 0 amide bonds. The second-order valence-corrected chi connectivity index (χ2v) is 4.81. The van der Waals surface area contributed by atoms with Gasteiger partial charge in [-0.15, -0.1) is 0 Å². The number of pyridine rings is 1. The van der Waals surface area contributed by atoms with Crippen LogP contribution in [0.25, 0.3) is 10.9 Å². The highest BCUT2D eigenvalue weighted by molar-refractivity contribution is 5.84. The van der Waals surface area contributed by atoms with Gasteiger partial charge in [-0.25, -0.2) is 4.98 Å². The third kappa shape index (κ3) is 2.11. The predicted molar refractivity (Wildman–Crippen MR) is 66.3 cm³/mol. The average molecular weight is 229 g/mol. The minimum absolute atomic E-state index is 0.0913. The quantitative estimate of drug-likeness (QED) is 0.759. The first kappa shape index (κ1) is 10.5. The summed E-state index contributed by atoms with van der Waals surface area (Å²) >= 11 is 0. The third-order valence-corrected chi connectivity index (χ3v) is 2.99. The zero-order valence-corrected chi connectivity index (χ0v) is 10.1. The first-order valence-electron chi connectivity index (χ1n) is 5.79. The van der Waals surface area contributed by atoms with Gasteiger partial charge in [0.05, 0.1) is 6.61 Å². The number of epoxide rings is 1. The largest absolute Gasteiger partial charge is 0.488 e. The number of benzene rings is 1. The van der Waals surface area contributed by atoms with E-state index in [2.05, 4.69) is 18.0 Å². The Balaban J connectivity index is 1.94. The molecular formula is C14H15NO2. The van der Waals surface area contributed by atoms with Crippen LogP contribution in [0.1, 0.15) is 12.6 Å². The van der Waals surface area contributed by atoms with E-state index in [9.17, 15) is 0 Å². The fraction of sp³-hybridized carbons (Fsp3) is 0.357. The Hall–Kier alpha value is -1.61. The lowest BCUT2D eigenvalue weighted by atomic mass is 10.2. The van der Waals surface area contributed by atoms with Gasteiger partial charge >= 0.3 is 0 Å². The summed E-state index contributed by atoms with van der Waals surface area (Å²) in [4.78, 5) is 4.53. The van der Waals surface area contributed by atoms with Crippen LogP contribution in [0.5, 0.6) is 5.75 Å². The van der Waals surface area contributed by atoms with E-state index >= 15 is 0 Å². The van der Waals surface area contributed by atoms with Crippen LogP contribution >= 0.6 is 0 Å². The second kappa shape index (κ2) is 3.70. The summed E-state index contributed by atoms with van der Waals surface area (Å²) in [5.74, 6) is 0.836. The van der Waals surface area contributed by atoms with Gasteiger partial charge in [-0.1, -0.05) is 18.2 Å². The molecule has 3 nitrogen and oxygen atoms in total. The maximum absolute atomic E-state index is 5.81. The number of hydrogen-bond donors (Lipinski definition) is 0. The van der Waals surface area contributed by atoms with E-state index in [0.717, 1.165) is 29.0 Å². The van der Waals surface area contributed by atoms with Gasteiger partial charge in [-0.2, -0.15) is 0 Å². The lowest BCUT2D eigenvalue weighted by Gasteiger charge is -2.11. The molecule has 3 rings (SSSR count). The average Bonchev–Trinajstić information content (AvgIpc) is 3.05. The minimum atomic E-state index is -0.0913. The normalized spacial score (nSPS) is 22.7. The smallest absolute Gasteiger partial charge is 0.145 e. The van der Waals surface area contributed by atoms with Gasteiger partial charge in [0, 0.05) is 11.1 Å². The molecule has 3 heteroatoms. The first-order valence-corrected chi connectivity index (χ1v) is 5.79. The van der Waals surface area contributed by atoms with Crippen molar-refractivity contribution in [3.8, 4) is 5.75 Å². The summed E-state index contributed by atoms with van der Waals surface area (Å²) in [7, 11) is 0. The molecule has 1 aromatic carbocycles. The van der Waals surface area contributed by atoms with E-state index in [1.807, 2.05) is 31.2 Å². The highest BCUT2D eigenvalue weighted by Gasteiger charge is 2.40. The predicted octanol–water partition coefficient (Wildman–Crippen LogP) is 2.71.